The summed E-state index contributed by atoms with van der Waals surface area (Å²) in [6, 6.07) is 5.36. The molecule has 0 saturated heterocycles. The maximum Gasteiger partial charge on any atom is 0.490 e. The van der Waals surface area contributed by atoms with Crippen LogP contribution in [0.5, 0.6) is 0 Å². The molecule has 3 nitrogen and oxygen atoms in total. The van der Waals surface area contributed by atoms with E-state index in [2.05, 4.69) is 6.92 Å². The fraction of sp³-hybridized carbons (Fsp3) is 0.333. The second-order valence-corrected chi connectivity index (χ2v) is 3.09. The first kappa shape index (κ1) is 10.1. The van der Waals surface area contributed by atoms with Crippen LogP contribution in [0.3, 0.4) is 0 Å². The Hall–Kier alpha value is -0.995. The van der Waals surface area contributed by atoms with Crippen LogP contribution in [-0.2, 0) is 6.42 Å². The summed E-state index contributed by atoms with van der Waals surface area (Å²) < 4.78 is 0. The largest absolute Gasteiger partial charge is 0.490 e. The summed E-state index contributed by atoms with van der Waals surface area (Å²) in [7, 11) is -1.48. The molecule has 13 heavy (non-hydrogen) atoms. The van der Waals surface area contributed by atoms with E-state index in [1.54, 1.807) is 12.1 Å². The predicted molar refractivity (Wildman–Crippen MR) is 54.7 cm³/mol. The lowest BCUT2D eigenvalue weighted by Gasteiger charge is -2.06. The molecule has 0 unspecified atom stereocenters. The Labute approximate surface area is 78.3 Å². The van der Waals surface area contributed by atoms with Crippen molar-refractivity contribution < 1.29 is 10.0 Å². The Bertz CT molecular complexity index is 289. The van der Waals surface area contributed by atoms with Gasteiger partial charge in [-0.15, -0.1) is 0 Å². The summed E-state index contributed by atoms with van der Waals surface area (Å²) in [5, 5.41) is 17.9. The molecule has 0 bridgehead atoms. The third-order valence-corrected chi connectivity index (χ3v) is 1.97. The Morgan fingerprint density at radius 3 is 2.62 bits per heavy atom. The highest BCUT2D eigenvalue weighted by Gasteiger charge is 2.14. The van der Waals surface area contributed by atoms with Gasteiger partial charge in [-0.25, -0.2) is 0 Å². The number of nitrogen functional groups attached to an aromatic ring is 1. The summed E-state index contributed by atoms with van der Waals surface area (Å²) in [5.74, 6) is 0. The zero-order valence-electron chi connectivity index (χ0n) is 7.70. The van der Waals surface area contributed by atoms with Gasteiger partial charge >= 0.3 is 7.12 Å². The number of hydrogen-bond donors (Lipinski definition) is 3. The molecule has 1 rings (SSSR count). The molecule has 0 saturated carbocycles. The van der Waals surface area contributed by atoms with Crippen molar-refractivity contribution in [1.29, 1.82) is 0 Å². The number of nitrogens with two attached hydrogens (primary N) is 1. The summed E-state index contributed by atoms with van der Waals surface area (Å²) in [6.07, 6.45) is 1.96. The summed E-state index contributed by atoms with van der Waals surface area (Å²) in [4.78, 5) is 0. The van der Waals surface area contributed by atoms with Crippen molar-refractivity contribution in [3.8, 4) is 0 Å². The molecule has 0 spiro atoms. The van der Waals surface area contributed by atoms with E-state index in [0.29, 0.717) is 11.2 Å². The summed E-state index contributed by atoms with van der Waals surface area (Å²) in [6.45, 7) is 2.07. The fourth-order valence-corrected chi connectivity index (χ4v) is 1.29. The lowest BCUT2D eigenvalue weighted by Crippen LogP contribution is -2.32. The summed E-state index contributed by atoms with van der Waals surface area (Å²) >= 11 is 0. The highest BCUT2D eigenvalue weighted by molar-refractivity contribution is 6.60. The zero-order valence-corrected chi connectivity index (χ0v) is 7.70. The minimum absolute atomic E-state index is 0.394. The van der Waals surface area contributed by atoms with E-state index in [1.165, 1.54) is 0 Å². The van der Waals surface area contributed by atoms with Gasteiger partial charge in [0, 0.05) is 11.2 Å². The Kier molecular flexibility index (Phi) is 3.34. The van der Waals surface area contributed by atoms with E-state index in [-0.39, 0.29) is 0 Å². The van der Waals surface area contributed by atoms with E-state index in [0.717, 1.165) is 18.4 Å². The Morgan fingerprint density at radius 2 is 2.08 bits per heavy atom. The van der Waals surface area contributed by atoms with Gasteiger partial charge in [-0.05, 0) is 18.1 Å². The van der Waals surface area contributed by atoms with Crippen molar-refractivity contribution >= 4 is 18.3 Å². The van der Waals surface area contributed by atoms with Crippen molar-refractivity contribution in [2.45, 2.75) is 19.8 Å². The number of benzene rings is 1. The van der Waals surface area contributed by atoms with Crippen molar-refractivity contribution in [1.82, 2.24) is 0 Å². The maximum atomic E-state index is 8.97. The summed E-state index contributed by atoms with van der Waals surface area (Å²) in [5.41, 5.74) is 7.47. The van der Waals surface area contributed by atoms with Crippen LogP contribution < -0.4 is 11.2 Å². The lowest BCUT2D eigenvalue weighted by molar-refractivity contribution is 0.426. The second-order valence-electron chi connectivity index (χ2n) is 3.09. The minimum atomic E-state index is -1.48. The quantitative estimate of drug-likeness (QED) is 0.448. The van der Waals surface area contributed by atoms with Crippen molar-refractivity contribution in [3.05, 3.63) is 23.8 Å². The van der Waals surface area contributed by atoms with Gasteiger partial charge < -0.3 is 15.8 Å². The predicted octanol–water partition coefficient (Wildman–Crippen LogP) is -0.0989. The molecule has 0 aromatic heterocycles. The van der Waals surface area contributed by atoms with Gasteiger partial charge in [0.25, 0.3) is 0 Å². The number of aryl methyl sites for hydroxylation is 1. The monoisotopic (exact) mass is 179 g/mol. The molecule has 0 radical (unpaired) electrons. The van der Waals surface area contributed by atoms with Crippen molar-refractivity contribution in [3.63, 3.8) is 0 Å². The van der Waals surface area contributed by atoms with Crippen LogP contribution >= 0.6 is 0 Å². The Morgan fingerprint density at radius 1 is 1.38 bits per heavy atom. The number of hydrogen-bond acceptors (Lipinski definition) is 3. The first-order valence-electron chi connectivity index (χ1n) is 4.39. The average Bonchev–Trinajstić information content (AvgIpc) is 2.08. The molecule has 0 aliphatic carbocycles. The SMILES string of the molecule is CCCc1ccc(N)c(B(O)O)c1. The second kappa shape index (κ2) is 4.30. The standard InChI is InChI=1S/C9H14BNO2/c1-2-3-7-4-5-9(11)8(6-7)10(12)13/h4-6,12-13H,2-3,11H2,1H3. The molecule has 1 aromatic carbocycles. The zero-order chi connectivity index (χ0) is 9.84. The van der Waals surface area contributed by atoms with Gasteiger partial charge in [-0.3, -0.25) is 0 Å². The molecule has 0 heterocycles. The number of rotatable bonds is 3. The average molecular weight is 179 g/mol. The molecule has 4 N–H and O–H groups in total. The van der Waals surface area contributed by atoms with Crippen molar-refractivity contribution in [2.24, 2.45) is 0 Å². The molecule has 0 amide bonds. The molecule has 0 fully saturated rings. The van der Waals surface area contributed by atoms with Gasteiger partial charge in [0.1, 0.15) is 0 Å². The minimum Gasteiger partial charge on any atom is -0.423 e. The first-order valence-corrected chi connectivity index (χ1v) is 4.39. The lowest BCUT2D eigenvalue weighted by atomic mass is 9.78. The van der Waals surface area contributed by atoms with Crippen LogP contribution in [0.1, 0.15) is 18.9 Å². The van der Waals surface area contributed by atoms with E-state index in [4.69, 9.17) is 15.8 Å². The van der Waals surface area contributed by atoms with E-state index in [1.807, 2.05) is 6.07 Å². The van der Waals surface area contributed by atoms with E-state index >= 15 is 0 Å². The van der Waals surface area contributed by atoms with E-state index in [9.17, 15) is 0 Å². The van der Waals surface area contributed by atoms with Crippen LogP contribution in [0.15, 0.2) is 18.2 Å². The van der Waals surface area contributed by atoms with Crippen molar-refractivity contribution in [2.75, 3.05) is 5.73 Å². The molecule has 0 aliphatic rings. The third-order valence-electron chi connectivity index (χ3n) is 1.97. The number of anilines is 1. The smallest absolute Gasteiger partial charge is 0.423 e. The molecule has 0 atom stereocenters. The van der Waals surface area contributed by atoms with Crippen LogP contribution in [-0.4, -0.2) is 17.2 Å². The normalized spacial score (nSPS) is 10.1. The molecular formula is C9H14BNO2. The topological polar surface area (TPSA) is 66.5 Å². The highest BCUT2D eigenvalue weighted by Crippen LogP contribution is 2.06. The van der Waals surface area contributed by atoms with Gasteiger partial charge in [-0.1, -0.05) is 25.5 Å². The van der Waals surface area contributed by atoms with Gasteiger partial charge in [0.15, 0.2) is 0 Å². The molecule has 4 heteroatoms. The van der Waals surface area contributed by atoms with Gasteiger partial charge in [0.05, 0.1) is 0 Å². The van der Waals surface area contributed by atoms with Gasteiger partial charge in [0.2, 0.25) is 0 Å². The van der Waals surface area contributed by atoms with Crippen LogP contribution in [0.4, 0.5) is 5.69 Å². The molecule has 70 valence electrons. The molecular weight excluding hydrogens is 165 g/mol. The fourth-order valence-electron chi connectivity index (χ4n) is 1.29. The van der Waals surface area contributed by atoms with Crippen LogP contribution in [0.25, 0.3) is 0 Å². The first-order chi connectivity index (χ1) is 6.15. The molecule has 0 aliphatic heterocycles. The third kappa shape index (κ3) is 2.47. The maximum absolute atomic E-state index is 8.97. The highest BCUT2D eigenvalue weighted by atomic mass is 16.4. The molecule has 1 aromatic rings. The van der Waals surface area contributed by atoms with E-state index < -0.39 is 7.12 Å². The van der Waals surface area contributed by atoms with Gasteiger partial charge in [-0.2, -0.15) is 0 Å². The van der Waals surface area contributed by atoms with Crippen LogP contribution in [0, 0.1) is 0 Å². The Balaban J connectivity index is 2.97. The van der Waals surface area contributed by atoms with Crippen LogP contribution in [0.2, 0.25) is 0 Å².